The summed E-state index contributed by atoms with van der Waals surface area (Å²) in [5.41, 5.74) is 6.98. The molecule has 26 heavy (non-hydrogen) atoms. The molecule has 5 heteroatoms. The average molecular weight is 339 g/mol. The smallest absolute Gasteiger partial charge is 0.163 e. The van der Waals surface area contributed by atoms with Crippen LogP contribution < -0.4 is 0 Å². The van der Waals surface area contributed by atoms with Gasteiger partial charge in [-0.05, 0) is 30.7 Å². The first-order chi connectivity index (χ1) is 12.7. The summed E-state index contributed by atoms with van der Waals surface area (Å²) in [6.45, 7) is 2.02. The van der Waals surface area contributed by atoms with Crippen molar-refractivity contribution >= 4 is 16.7 Å². The number of hydrogen-bond donors (Lipinski definition) is 0. The molecule has 5 aromatic rings. The lowest BCUT2D eigenvalue weighted by Crippen LogP contribution is -2.01. The molecule has 0 amide bonds. The van der Waals surface area contributed by atoms with Gasteiger partial charge in [-0.3, -0.25) is 0 Å². The highest BCUT2D eigenvalue weighted by atomic mass is 15.3. The molecule has 0 unspecified atom stereocenters. The summed E-state index contributed by atoms with van der Waals surface area (Å²) < 4.78 is 4.00. The number of para-hydroxylation sites is 2. The third kappa shape index (κ3) is 2.07. The molecule has 0 N–H and O–H groups in total. The van der Waals surface area contributed by atoms with E-state index in [9.17, 15) is 0 Å². The van der Waals surface area contributed by atoms with Crippen molar-refractivity contribution in [3.63, 3.8) is 0 Å². The van der Waals surface area contributed by atoms with Crippen LogP contribution in [0.3, 0.4) is 0 Å². The Morgan fingerprint density at radius 2 is 1.65 bits per heavy atom. The van der Waals surface area contributed by atoms with Crippen LogP contribution in [0.25, 0.3) is 39.3 Å². The van der Waals surface area contributed by atoms with E-state index in [0.717, 1.165) is 45.0 Å². The number of rotatable bonds is 2. The van der Waals surface area contributed by atoms with Gasteiger partial charge in [0.25, 0.3) is 0 Å². The normalized spacial score (nSPS) is 11.5. The van der Waals surface area contributed by atoms with Gasteiger partial charge in [0.15, 0.2) is 11.5 Å². The lowest BCUT2D eigenvalue weighted by Gasteiger charge is -2.05. The summed E-state index contributed by atoms with van der Waals surface area (Å²) in [5, 5.41) is 4.78. The van der Waals surface area contributed by atoms with Gasteiger partial charge in [0.05, 0.1) is 16.7 Å². The van der Waals surface area contributed by atoms with Crippen molar-refractivity contribution in [2.24, 2.45) is 7.05 Å². The molecule has 3 aromatic heterocycles. The number of nitrogens with zero attached hydrogens (tertiary/aromatic N) is 5. The molecular formula is C21H17N5. The van der Waals surface area contributed by atoms with Crippen LogP contribution in [0.2, 0.25) is 0 Å². The molecule has 0 atom stereocenters. The minimum atomic E-state index is 0.846. The Morgan fingerprint density at radius 1 is 0.885 bits per heavy atom. The van der Waals surface area contributed by atoms with Crippen LogP contribution >= 0.6 is 0 Å². The summed E-state index contributed by atoms with van der Waals surface area (Å²) in [5.74, 6) is 0.876. The standard InChI is InChI=1S/C21H17N5/c1-14-19(15-8-4-3-5-9-15)21-22-13-12-18(26(21)24-14)20-23-16-10-6-7-11-17(16)25(20)2/h3-13H,1-2H3. The predicted octanol–water partition coefficient (Wildman–Crippen LogP) is 4.26. The second-order valence-corrected chi connectivity index (χ2v) is 6.38. The molecule has 2 aromatic carbocycles. The summed E-state index contributed by atoms with van der Waals surface area (Å²) in [6, 6.07) is 20.4. The summed E-state index contributed by atoms with van der Waals surface area (Å²) >= 11 is 0. The van der Waals surface area contributed by atoms with E-state index in [2.05, 4.69) is 27.8 Å². The monoisotopic (exact) mass is 339 g/mol. The van der Waals surface area contributed by atoms with Gasteiger partial charge < -0.3 is 4.57 Å². The number of imidazole rings is 1. The Bertz CT molecular complexity index is 1250. The van der Waals surface area contributed by atoms with Gasteiger partial charge in [0.1, 0.15) is 5.69 Å². The molecule has 0 bridgehead atoms. The van der Waals surface area contributed by atoms with E-state index in [4.69, 9.17) is 10.1 Å². The quantitative estimate of drug-likeness (QED) is 0.483. The topological polar surface area (TPSA) is 48.0 Å². The number of hydrogen-bond acceptors (Lipinski definition) is 3. The van der Waals surface area contributed by atoms with Crippen LogP contribution in [0, 0.1) is 6.92 Å². The third-order valence-corrected chi connectivity index (χ3v) is 4.77. The Balaban J connectivity index is 1.81. The van der Waals surface area contributed by atoms with Crippen molar-refractivity contribution < 1.29 is 0 Å². The molecule has 5 rings (SSSR count). The fraction of sp³-hybridized carbons (Fsp3) is 0.0952. The Hall–Kier alpha value is -3.47. The molecule has 0 aliphatic carbocycles. The first-order valence-corrected chi connectivity index (χ1v) is 8.55. The molecule has 0 aliphatic heterocycles. The highest BCUT2D eigenvalue weighted by Gasteiger charge is 2.18. The van der Waals surface area contributed by atoms with Crippen LogP contribution in [0.1, 0.15) is 5.69 Å². The lowest BCUT2D eigenvalue weighted by atomic mass is 10.1. The maximum atomic E-state index is 4.82. The van der Waals surface area contributed by atoms with Crippen molar-refractivity contribution in [1.29, 1.82) is 0 Å². The zero-order valence-electron chi connectivity index (χ0n) is 14.6. The SMILES string of the molecule is Cc1nn2c(-c3nc4ccccc4n3C)ccnc2c1-c1ccccc1. The van der Waals surface area contributed by atoms with Crippen LogP contribution in [0.15, 0.2) is 66.9 Å². The van der Waals surface area contributed by atoms with Crippen molar-refractivity contribution in [1.82, 2.24) is 24.1 Å². The van der Waals surface area contributed by atoms with E-state index in [-0.39, 0.29) is 0 Å². The van der Waals surface area contributed by atoms with E-state index in [0.29, 0.717) is 0 Å². The largest absolute Gasteiger partial charge is 0.326 e. The Morgan fingerprint density at radius 3 is 2.46 bits per heavy atom. The minimum Gasteiger partial charge on any atom is -0.326 e. The van der Waals surface area contributed by atoms with Crippen molar-refractivity contribution in [3.8, 4) is 22.6 Å². The molecule has 3 heterocycles. The molecule has 0 saturated carbocycles. The first-order valence-electron chi connectivity index (χ1n) is 8.55. The van der Waals surface area contributed by atoms with E-state index in [1.54, 1.807) is 0 Å². The van der Waals surface area contributed by atoms with Crippen molar-refractivity contribution in [3.05, 3.63) is 72.6 Å². The molecule has 5 nitrogen and oxygen atoms in total. The van der Waals surface area contributed by atoms with Crippen molar-refractivity contribution in [2.75, 3.05) is 0 Å². The maximum absolute atomic E-state index is 4.82. The molecular weight excluding hydrogens is 322 g/mol. The van der Waals surface area contributed by atoms with Gasteiger partial charge in [-0.1, -0.05) is 42.5 Å². The zero-order valence-corrected chi connectivity index (χ0v) is 14.6. The number of aryl methyl sites for hydroxylation is 2. The highest BCUT2D eigenvalue weighted by molar-refractivity contribution is 5.83. The average Bonchev–Trinajstić information content (AvgIpc) is 3.19. The number of fused-ring (bicyclic) bond motifs is 2. The van der Waals surface area contributed by atoms with E-state index >= 15 is 0 Å². The van der Waals surface area contributed by atoms with E-state index < -0.39 is 0 Å². The molecule has 0 spiro atoms. The molecule has 126 valence electrons. The molecule has 0 radical (unpaired) electrons. The minimum absolute atomic E-state index is 0.846. The second-order valence-electron chi connectivity index (χ2n) is 6.38. The van der Waals surface area contributed by atoms with Gasteiger partial charge in [-0.25, -0.2) is 14.5 Å². The lowest BCUT2D eigenvalue weighted by molar-refractivity contribution is 0.884. The number of aromatic nitrogens is 5. The summed E-state index contributed by atoms with van der Waals surface area (Å²) in [7, 11) is 2.03. The molecule has 0 fully saturated rings. The predicted molar refractivity (Wildman–Crippen MR) is 103 cm³/mol. The van der Waals surface area contributed by atoms with Crippen molar-refractivity contribution in [2.45, 2.75) is 6.92 Å². The third-order valence-electron chi connectivity index (χ3n) is 4.77. The Kier molecular flexibility index (Phi) is 3.15. The number of benzene rings is 2. The van der Waals surface area contributed by atoms with Crippen LogP contribution in [0.4, 0.5) is 0 Å². The van der Waals surface area contributed by atoms with Crippen LogP contribution in [-0.4, -0.2) is 24.1 Å². The second kappa shape index (κ2) is 5.52. The molecule has 0 saturated heterocycles. The van der Waals surface area contributed by atoms with Gasteiger partial charge >= 0.3 is 0 Å². The molecule has 0 aliphatic rings. The van der Waals surface area contributed by atoms with Gasteiger partial charge in [-0.2, -0.15) is 5.10 Å². The maximum Gasteiger partial charge on any atom is 0.163 e. The first kappa shape index (κ1) is 14.8. The fourth-order valence-electron chi connectivity index (χ4n) is 3.54. The Labute approximate surface area is 150 Å². The van der Waals surface area contributed by atoms with E-state index in [1.165, 1.54) is 0 Å². The van der Waals surface area contributed by atoms with Gasteiger partial charge in [0.2, 0.25) is 0 Å². The zero-order chi connectivity index (χ0) is 17.7. The van der Waals surface area contributed by atoms with E-state index in [1.807, 2.05) is 67.1 Å². The summed E-state index contributed by atoms with van der Waals surface area (Å²) in [4.78, 5) is 9.43. The van der Waals surface area contributed by atoms with Gasteiger partial charge in [-0.15, -0.1) is 0 Å². The van der Waals surface area contributed by atoms with Gasteiger partial charge in [0, 0.05) is 18.8 Å². The fourth-order valence-corrected chi connectivity index (χ4v) is 3.54. The van der Waals surface area contributed by atoms with Crippen LogP contribution in [-0.2, 0) is 7.05 Å². The highest BCUT2D eigenvalue weighted by Crippen LogP contribution is 2.30. The van der Waals surface area contributed by atoms with Crippen LogP contribution in [0.5, 0.6) is 0 Å². The summed E-state index contributed by atoms with van der Waals surface area (Å²) in [6.07, 6.45) is 1.83.